The van der Waals surface area contributed by atoms with Gasteiger partial charge in [-0.15, -0.1) is 0 Å². The number of halogens is 1. The van der Waals surface area contributed by atoms with Crippen molar-refractivity contribution >= 4 is 15.9 Å². The summed E-state index contributed by atoms with van der Waals surface area (Å²) in [5.74, 6) is 0.502. The number of nitrogens with zero attached hydrogens (tertiary/aromatic N) is 1. The van der Waals surface area contributed by atoms with Gasteiger partial charge in [-0.3, -0.25) is 0 Å². The van der Waals surface area contributed by atoms with Crippen LogP contribution in [0.1, 0.15) is 18.4 Å². The molecule has 2 atom stereocenters. The molecule has 0 spiro atoms. The molecule has 0 aliphatic heterocycles. The van der Waals surface area contributed by atoms with Crippen molar-refractivity contribution in [3.05, 3.63) is 22.2 Å². The van der Waals surface area contributed by atoms with E-state index in [0.29, 0.717) is 21.5 Å². The Morgan fingerprint density at radius 3 is 2.41 bits per heavy atom. The van der Waals surface area contributed by atoms with Crippen molar-refractivity contribution in [1.82, 2.24) is 0 Å². The van der Waals surface area contributed by atoms with Gasteiger partial charge in [-0.1, -0.05) is 0 Å². The summed E-state index contributed by atoms with van der Waals surface area (Å²) in [5, 5.41) is 18.6. The van der Waals surface area contributed by atoms with Crippen LogP contribution in [-0.4, -0.2) is 25.4 Å². The van der Waals surface area contributed by atoms with Crippen LogP contribution in [0.3, 0.4) is 0 Å². The number of ether oxygens (including phenoxy) is 2. The SMILES string of the molecule is COc1cc(C(C#N)C(C)O)cc(Br)c1OC. The van der Waals surface area contributed by atoms with Crippen LogP contribution in [0.5, 0.6) is 11.5 Å². The molecule has 1 aromatic rings. The Hall–Kier alpha value is -1.25. The molecule has 0 aromatic heterocycles. The lowest BCUT2D eigenvalue weighted by molar-refractivity contribution is 0.181. The normalized spacial score (nSPS) is 13.6. The lowest BCUT2D eigenvalue weighted by Gasteiger charge is -2.16. The van der Waals surface area contributed by atoms with Gasteiger partial charge in [-0.2, -0.15) is 5.26 Å². The first-order valence-electron chi connectivity index (χ1n) is 5.04. The van der Waals surface area contributed by atoms with Crippen molar-refractivity contribution in [3.63, 3.8) is 0 Å². The fourth-order valence-corrected chi connectivity index (χ4v) is 2.20. The van der Waals surface area contributed by atoms with Crippen molar-refractivity contribution in [2.24, 2.45) is 0 Å². The third-order valence-corrected chi connectivity index (χ3v) is 3.03. The maximum Gasteiger partial charge on any atom is 0.174 e. The number of hydrogen-bond donors (Lipinski definition) is 1. The highest BCUT2D eigenvalue weighted by atomic mass is 79.9. The van der Waals surface area contributed by atoms with Gasteiger partial charge >= 0.3 is 0 Å². The van der Waals surface area contributed by atoms with Gasteiger partial charge in [-0.05, 0) is 40.5 Å². The van der Waals surface area contributed by atoms with Crippen LogP contribution in [0.15, 0.2) is 16.6 Å². The van der Waals surface area contributed by atoms with Crippen molar-refractivity contribution in [1.29, 1.82) is 5.26 Å². The van der Waals surface area contributed by atoms with E-state index >= 15 is 0 Å². The largest absolute Gasteiger partial charge is 0.493 e. The van der Waals surface area contributed by atoms with E-state index in [1.54, 1.807) is 26.2 Å². The second-order valence-corrected chi connectivity index (χ2v) is 4.44. The molecule has 5 heteroatoms. The van der Waals surface area contributed by atoms with Crippen LogP contribution in [0.25, 0.3) is 0 Å². The predicted octanol–water partition coefficient (Wildman–Crippen LogP) is 2.45. The molecule has 17 heavy (non-hydrogen) atoms. The van der Waals surface area contributed by atoms with Crippen LogP contribution < -0.4 is 9.47 Å². The van der Waals surface area contributed by atoms with Gasteiger partial charge in [0.1, 0.15) is 0 Å². The molecule has 0 heterocycles. The van der Waals surface area contributed by atoms with E-state index in [-0.39, 0.29) is 0 Å². The average molecular weight is 300 g/mol. The Balaban J connectivity index is 3.29. The van der Waals surface area contributed by atoms with Gasteiger partial charge in [0.2, 0.25) is 0 Å². The first-order valence-corrected chi connectivity index (χ1v) is 5.83. The highest BCUT2D eigenvalue weighted by molar-refractivity contribution is 9.10. The first kappa shape index (κ1) is 13.8. The predicted molar refractivity (Wildman–Crippen MR) is 67.3 cm³/mol. The number of methoxy groups -OCH3 is 2. The molecular formula is C12H14BrNO3. The van der Waals surface area contributed by atoms with E-state index < -0.39 is 12.0 Å². The van der Waals surface area contributed by atoms with Gasteiger partial charge in [0, 0.05) is 0 Å². The summed E-state index contributed by atoms with van der Waals surface area (Å²) in [6, 6.07) is 5.52. The molecule has 0 aliphatic carbocycles. The van der Waals surface area contributed by atoms with Gasteiger partial charge < -0.3 is 14.6 Å². The summed E-state index contributed by atoms with van der Waals surface area (Å²) < 4.78 is 11.1. The number of hydrogen-bond acceptors (Lipinski definition) is 4. The van der Waals surface area contributed by atoms with Crippen LogP contribution in [0, 0.1) is 11.3 Å². The van der Waals surface area contributed by atoms with Crippen LogP contribution in [-0.2, 0) is 0 Å². The van der Waals surface area contributed by atoms with Gasteiger partial charge in [0.25, 0.3) is 0 Å². The molecule has 0 amide bonds. The molecule has 2 unspecified atom stereocenters. The summed E-state index contributed by atoms with van der Waals surface area (Å²) in [7, 11) is 3.07. The Kier molecular flexibility index (Phi) is 4.79. The topological polar surface area (TPSA) is 62.5 Å². The molecule has 0 radical (unpaired) electrons. The smallest absolute Gasteiger partial charge is 0.174 e. The van der Waals surface area contributed by atoms with E-state index in [2.05, 4.69) is 22.0 Å². The number of nitriles is 1. The molecule has 1 N–H and O–H groups in total. The number of benzene rings is 1. The molecule has 0 saturated heterocycles. The number of rotatable bonds is 4. The maximum absolute atomic E-state index is 9.54. The molecule has 92 valence electrons. The third kappa shape index (κ3) is 2.90. The summed E-state index contributed by atoms with van der Waals surface area (Å²) in [6.45, 7) is 1.58. The minimum absolute atomic E-state index is 0.526. The van der Waals surface area contributed by atoms with E-state index in [9.17, 15) is 5.11 Å². The summed E-state index contributed by atoms with van der Waals surface area (Å²) in [6.07, 6.45) is -0.745. The van der Waals surface area contributed by atoms with Crippen molar-refractivity contribution in [2.75, 3.05) is 14.2 Å². The fourth-order valence-electron chi connectivity index (χ4n) is 1.58. The lowest BCUT2D eigenvalue weighted by Crippen LogP contribution is -2.13. The Morgan fingerprint density at radius 1 is 1.35 bits per heavy atom. The third-order valence-electron chi connectivity index (χ3n) is 2.44. The molecule has 0 saturated carbocycles. The number of aliphatic hydroxyl groups excluding tert-OH is 1. The standard InChI is InChI=1S/C12H14BrNO3/c1-7(15)9(6-14)8-4-10(13)12(17-3)11(5-8)16-2/h4-5,7,9,15H,1-3H3. The summed E-state index contributed by atoms with van der Waals surface area (Å²) in [4.78, 5) is 0. The monoisotopic (exact) mass is 299 g/mol. The average Bonchev–Trinajstić information content (AvgIpc) is 2.28. The van der Waals surface area contributed by atoms with Crippen LogP contribution in [0.4, 0.5) is 0 Å². The molecule has 0 aliphatic rings. The first-order chi connectivity index (χ1) is 8.04. The van der Waals surface area contributed by atoms with E-state index in [1.807, 2.05) is 0 Å². The zero-order chi connectivity index (χ0) is 13.0. The summed E-state index contributed by atoms with van der Waals surface area (Å²) >= 11 is 3.35. The van der Waals surface area contributed by atoms with Gasteiger partial charge in [0.05, 0.1) is 36.8 Å². The van der Waals surface area contributed by atoms with E-state index in [1.165, 1.54) is 7.11 Å². The van der Waals surface area contributed by atoms with E-state index in [0.717, 1.165) is 0 Å². The lowest BCUT2D eigenvalue weighted by atomic mass is 9.95. The van der Waals surface area contributed by atoms with Gasteiger partial charge in [0.15, 0.2) is 11.5 Å². The second-order valence-electron chi connectivity index (χ2n) is 3.59. The van der Waals surface area contributed by atoms with Gasteiger partial charge in [-0.25, -0.2) is 0 Å². The molecule has 0 bridgehead atoms. The molecule has 1 rings (SSSR count). The van der Waals surface area contributed by atoms with E-state index in [4.69, 9.17) is 14.7 Å². The van der Waals surface area contributed by atoms with Crippen molar-refractivity contribution < 1.29 is 14.6 Å². The zero-order valence-electron chi connectivity index (χ0n) is 9.90. The number of aliphatic hydroxyl groups is 1. The molecular weight excluding hydrogens is 286 g/mol. The van der Waals surface area contributed by atoms with Crippen LogP contribution >= 0.6 is 15.9 Å². The Labute approximate surface area is 109 Å². The quantitative estimate of drug-likeness (QED) is 0.927. The highest BCUT2D eigenvalue weighted by Crippen LogP contribution is 2.38. The minimum atomic E-state index is -0.745. The van der Waals surface area contributed by atoms with Crippen molar-refractivity contribution in [2.45, 2.75) is 18.9 Å². The second kappa shape index (κ2) is 5.89. The minimum Gasteiger partial charge on any atom is -0.493 e. The molecule has 0 fully saturated rings. The highest BCUT2D eigenvalue weighted by Gasteiger charge is 2.20. The molecule has 1 aromatic carbocycles. The maximum atomic E-state index is 9.54. The summed E-state index contributed by atoms with van der Waals surface area (Å²) in [5.41, 5.74) is 0.687. The Bertz CT molecular complexity index is 440. The van der Waals surface area contributed by atoms with Crippen LogP contribution in [0.2, 0.25) is 0 Å². The zero-order valence-corrected chi connectivity index (χ0v) is 11.5. The molecule has 4 nitrogen and oxygen atoms in total. The van der Waals surface area contributed by atoms with Crippen molar-refractivity contribution in [3.8, 4) is 17.6 Å². The Morgan fingerprint density at radius 2 is 2.00 bits per heavy atom. The fraction of sp³-hybridized carbons (Fsp3) is 0.417.